The lowest BCUT2D eigenvalue weighted by molar-refractivity contribution is -0.164. The molecule has 0 radical (unpaired) electrons. The molecule has 47 heavy (non-hydrogen) atoms. The maximum absolute atomic E-state index is 14.1. The Morgan fingerprint density at radius 3 is 2.53 bits per heavy atom. The lowest BCUT2D eigenvalue weighted by atomic mass is 9.92. The van der Waals surface area contributed by atoms with Crippen LogP contribution in [0.1, 0.15) is 80.2 Å². The number of halogens is 1. The Hall–Kier alpha value is -4.22. The third-order valence-corrected chi connectivity index (χ3v) is 8.07. The number of aryl methyl sites for hydroxylation is 1. The van der Waals surface area contributed by atoms with E-state index < -0.39 is 29.4 Å². The molecule has 1 N–H and O–H groups in total. The molecule has 0 aliphatic carbocycles. The molecule has 1 aromatic carbocycles. The number of piperidine rings is 1. The number of carbonyl (C=O) groups is 2. The van der Waals surface area contributed by atoms with Crippen molar-refractivity contribution in [2.24, 2.45) is 0 Å². The van der Waals surface area contributed by atoms with Crippen LogP contribution in [0, 0.1) is 12.7 Å². The lowest BCUT2D eigenvalue weighted by Crippen LogP contribution is -2.45. The predicted molar refractivity (Wildman–Crippen MR) is 179 cm³/mol. The summed E-state index contributed by atoms with van der Waals surface area (Å²) in [7, 11) is 1.34. The van der Waals surface area contributed by atoms with Crippen LogP contribution in [0.2, 0.25) is 0 Å². The van der Waals surface area contributed by atoms with Crippen molar-refractivity contribution in [2.45, 2.75) is 77.7 Å². The average molecular weight is 651 g/mol. The van der Waals surface area contributed by atoms with Gasteiger partial charge in [0.15, 0.2) is 6.10 Å². The van der Waals surface area contributed by atoms with E-state index in [0.717, 1.165) is 18.4 Å². The van der Waals surface area contributed by atoms with Crippen molar-refractivity contribution in [1.82, 2.24) is 14.7 Å². The van der Waals surface area contributed by atoms with E-state index in [1.807, 2.05) is 38.2 Å². The number of fused-ring (bicyclic) bond motifs is 1. The number of nitrogens with zero attached hydrogens (tertiary/aromatic N) is 3. The van der Waals surface area contributed by atoms with E-state index in [1.165, 1.54) is 19.2 Å². The predicted octanol–water partition coefficient (Wildman–Crippen LogP) is 6.26. The van der Waals surface area contributed by atoms with Crippen molar-refractivity contribution in [3.8, 4) is 5.75 Å². The Morgan fingerprint density at radius 2 is 1.89 bits per heavy atom. The first-order chi connectivity index (χ1) is 22.3. The molecule has 1 saturated heterocycles. The van der Waals surface area contributed by atoms with Crippen molar-refractivity contribution in [3.63, 3.8) is 0 Å². The zero-order chi connectivity index (χ0) is 34.4. The van der Waals surface area contributed by atoms with Crippen LogP contribution in [0.4, 0.5) is 10.2 Å². The lowest BCUT2D eigenvalue weighted by Gasteiger charge is -2.41. The number of methoxy groups -OCH3 is 1. The highest BCUT2D eigenvalue weighted by molar-refractivity contribution is 5.93. The minimum Gasteiger partial charge on any atom is -0.493 e. The quantitative estimate of drug-likeness (QED) is 0.124. The molecule has 4 rings (SSSR count). The van der Waals surface area contributed by atoms with Gasteiger partial charge in [-0.05, 0) is 83.7 Å². The van der Waals surface area contributed by atoms with Crippen LogP contribution in [0.3, 0.4) is 0 Å². The van der Waals surface area contributed by atoms with Gasteiger partial charge in [-0.3, -0.25) is 9.20 Å². The van der Waals surface area contributed by atoms with Crippen molar-refractivity contribution in [1.29, 1.82) is 0 Å². The van der Waals surface area contributed by atoms with Gasteiger partial charge in [-0.15, -0.1) is 13.2 Å². The van der Waals surface area contributed by atoms with Gasteiger partial charge >= 0.3 is 5.97 Å². The van der Waals surface area contributed by atoms with Crippen LogP contribution in [0.15, 0.2) is 55.8 Å². The van der Waals surface area contributed by atoms with Gasteiger partial charge in [0.1, 0.15) is 28.7 Å². The monoisotopic (exact) mass is 650 g/mol. The molecule has 3 heterocycles. The molecule has 1 aliphatic heterocycles. The highest BCUT2D eigenvalue weighted by Gasteiger charge is 2.37. The molecule has 11 heteroatoms. The fourth-order valence-electron chi connectivity index (χ4n) is 5.63. The first-order valence-electron chi connectivity index (χ1n) is 15.9. The van der Waals surface area contributed by atoms with Crippen LogP contribution < -0.4 is 15.0 Å². The minimum absolute atomic E-state index is 0.0320. The van der Waals surface area contributed by atoms with Crippen LogP contribution in [-0.4, -0.2) is 65.9 Å². The molecule has 1 fully saturated rings. The molecule has 254 valence electrons. The van der Waals surface area contributed by atoms with Gasteiger partial charge in [-0.1, -0.05) is 12.2 Å². The molecule has 1 aliphatic rings. The topological polar surface area (TPSA) is 104 Å². The Bertz CT molecular complexity index is 1600. The molecule has 10 nitrogen and oxygen atoms in total. The first-order valence-corrected chi connectivity index (χ1v) is 15.9. The van der Waals surface area contributed by atoms with Gasteiger partial charge in [-0.25, -0.2) is 14.2 Å². The van der Waals surface area contributed by atoms with Gasteiger partial charge in [0, 0.05) is 37.0 Å². The summed E-state index contributed by atoms with van der Waals surface area (Å²) in [5, 5.41) is 2.86. The first kappa shape index (κ1) is 35.6. The largest absolute Gasteiger partial charge is 0.493 e. The summed E-state index contributed by atoms with van der Waals surface area (Å²) in [4.78, 5) is 33.6. The Morgan fingerprint density at radius 1 is 1.17 bits per heavy atom. The Balaban J connectivity index is 1.73. The number of rotatable bonds is 14. The maximum Gasteiger partial charge on any atom is 0.339 e. The standard InChI is InChI=1S/C36H47FN4O6/c1-9-11-19-45-28-13-12-26(37)21-25(28)22-38-32(42)27-23-41-29(39-27)20-24(3)30(31(34(43)44-8)47-35(4,5)6)33(41)40-16-14-36(7,15-17-40)46-18-10-2/h9-10,12-13,20-21,23,31H,1-2,11,14-19,22H2,3-8H3,(H,38,42)/t31-/m0/s1. The number of imidazole rings is 1. The van der Waals surface area contributed by atoms with E-state index in [2.05, 4.69) is 35.3 Å². The summed E-state index contributed by atoms with van der Waals surface area (Å²) in [5.74, 6) is -0.234. The van der Waals surface area contributed by atoms with Crippen molar-refractivity contribution in [2.75, 3.05) is 38.3 Å². The number of ether oxygens (including phenoxy) is 4. The van der Waals surface area contributed by atoms with Crippen molar-refractivity contribution in [3.05, 3.63) is 84.0 Å². The number of nitrogens with one attached hydrogen (secondary N) is 1. The number of hydrogen-bond acceptors (Lipinski definition) is 8. The molecule has 0 spiro atoms. The van der Waals surface area contributed by atoms with Gasteiger partial charge in [0.2, 0.25) is 0 Å². The van der Waals surface area contributed by atoms with E-state index >= 15 is 0 Å². The second kappa shape index (κ2) is 15.1. The van der Waals surface area contributed by atoms with E-state index in [4.69, 9.17) is 18.9 Å². The molecule has 2 aromatic heterocycles. The summed E-state index contributed by atoms with van der Waals surface area (Å²) in [6, 6.07) is 6.03. The Kier molecular flexibility index (Phi) is 11.5. The van der Waals surface area contributed by atoms with Gasteiger partial charge in [0.25, 0.3) is 5.91 Å². The smallest absolute Gasteiger partial charge is 0.339 e. The summed E-state index contributed by atoms with van der Waals surface area (Å²) in [6.45, 7) is 19.2. The summed E-state index contributed by atoms with van der Waals surface area (Å²) in [6.07, 6.45) is 6.19. The van der Waals surface area contributed by atoms with Crippen molar-refractivity contribution < 1.29 is 32.9 Å². The number of aromatic nitrogens is 2. The van der Waals surface area contributed by atoms with E-state index in [-0.39, 0.29) is 17.8 Å². The van der Waals surface area contributed by atoms with Crippen LogP contribution in [-0.2, 0) is 25.5 Å². The van der Waals surface area contributed by atoms with Gasteiger partial charge in [-0.2, -0.15) is 0 Å². The maximum atomic E-state index is 14.1. The van der Waals surface area contributed by atoms with Crippen LogP contribution in [0.5, 0.6) is 5.75 Å². The highest BCUT2D eigenvalue weighted by atomic mass is 19.1. The second-order valence-electron chi connectivity index (χ2n) is 12.9. The van der Waals surface area contributed by atoms with Crippen LogP contribution >= 0.6 is 0 Å². The molecular formula is C36H47FN4O6. The number of amides is 1. The zero-order valence-electron chi connectivity index (χ0n) is 28.4. The average Bonchev–Trinajstić information content (AvgIpc) is 3.45. The summed E-state index contributed by atoms with van der Waals surface area (Å²) < 4.78 is 39.4. The number of esters is 1. The number of carbonyl (C=O) groups excluding carboxylic acids is 2. The van der Waals surface area contributed by atoms with E-state index in [1.54, 1.807) is 24.4 Å². The molecule has 0 unspecified atom stereocenters. The SMILES string of the molecule is C=CCCOc1ccc(F)cc1CNC(=O)c1cn2c(N3CCC(C)(OCC=C)CC3)c([C@H](OC(C)(C)C)C(=O)OC)c(C)cc2n1. The minimum atomic E-state index is -1.03. The summed E-state index contributed by atoms with van der Waals surface area (Å²) >= 11 is 0. The van der Waals surface area contributed by atoms with E-state index in [9.17, 15) is 14.0 Å². The summed E-state index contributed by atoms with van der Waals surface area (Å²) in [5.41, 5.74) is 1.60. The van der Waals surface area contributed by atoms with Crippen molar-refractivity contribution >= 4 is 23.3 Å². The highest BCUT2D eigenvalue weighted by Crippen LogP contribution is 2.39. The molecule has 0 bridgehead atoms. The fourth-order valence-corrected chi connectivity index (χ4v) is 5.63. The van der Waals surface area contributed by atoms with E-state index in [0.29, 0.717) is 61.1 Å². The molecule has 0 saturated carbocycles. The third-order valence-electron chi connectivity index (χ3n) is 8.07. The molecule has 1 amide bonds. The molecule has 3 aromatic rings. The second-order valence-corrected chi connectivity index (χ2v) is 12.9. The van der Waals surface area contributed by atoms with Gasteiger partial charge < -0.3 is 29.2 Å². The normalized spacial score (nSPS) is 15.3. The molecular weight excluding hydrogens is 603 g/mol. The number of anilines is 1. The zero-order valence-corrected chi connectivity index (χ0v) is 28.4. The molecule has 1 atom stereocenters. The van der Waals surface area contributed by atoms with Crippen LogP contribution in [0.25, 0.3) is 5.65 Å². The third kappa shape index (κ3) is 8.78. The number of benzene rings is 1. The Labute approximate surface area is 276 Å². The number of pyridine rings is 1. The number of hydrogen-bond donors (Lipinski definition) is 1. The van der Waals surface area contributed by atoms with Gasteiger partial charge in [0.05, 0.1) is 31.5 Å². The fraction of sp³-hybridized carbons (Fsp3) is 0.472.